The molecule has 0 bridgehead atoms. The molecule has 1 aromatic rings. The van der Waals surface area contributed by atoms with Crippen LogP contribution in [0.4, 0.5) is 0 Å². The summed E-state index contributed by atoms with van der Waals surface area (Å²) in [7, 11) is 0. The first-order valence-corrected chi connectivity index (χ1v) is 4.30. The maximum absolute atomic E-state index is 5.66. The van der Waals surface area contributed by atoms with E-state index in [1.807, 2.05) is 26.1 Å². The third kappa shape index (κ3) is 3.99. The van der Waals surface area contributed by atoms with Crippen molar-refractivity contribution in [1.29, 1.82) is 0 Å². The summed E-state index contributed by atoms with van der Waals surface area (Å²) >= 11 is 5.66. The Labute approximate surface area is 73.4 Å². The summed E-state index contributed by atoms with van der Waals surface area (Å²) in [5.41, 5.74) is 1.18. The number of aryl methyl sites for hydroxylation is 1. The fourth-order valence-corrected chi connectivity index (χ4v) is 0.846. The Kier molecular flexibility index (Phi) is 5.86. The van der Waals surface area contributed by atoms with Gasteiger partial charge in [0.25, 0.3) is 0 Å². The van der Waals surface area contributed by atoms with Crippen LogP contribution in [0.2, 0.25) is 5.02 Å². The molecule has 0 spiro atoms. The summed E-state index contributed by atoms with van der Waals surface area (Å²) in [5.74, 6) is 0. The van der Waals surface area contributed by atoms with Gasteiger partial charge in [-0.15, -0.1) is 0 Å². The molecule has 0 unspecified atom stereocenters. The predicted octanol–water partition coefficient (Wildman–Crippen LogP) is 3.32. The quantitative estimate of drug-likeness (QED) is 0.632. The number of rotatable bonds is 1. The highest BCUT2D eigenvalue weighted by atomic mass is 35.5. The van der Waals surface area contributed by atoms with Crippen molar-refractivity contribution in [2.75, 3.05) is 0 Å². The molecule has 62 valence electrons. The molecule has 0 fully saturated rings. The minimum absolute atomic E-state index is 0.717. The monoisotopic (exact) mass is 171 g/mol. The number of hydrogen-bond acceptors (Lipinski definition) is 1. The van der Waals surface area contributed by atoms with Crippen molar-refractivity contribution in [3.8, 4) is 0 Å². The maximum Gasteiger partial charge on any atom is 0.0592 e. The average Bonchev–Trinajstić information content (AvgIpc) is 2.08. The van der Waals surface area contributed by atoms with Gasteiger partial charge >= 0.3 is 0 Å². The van der Waals surface area contributed by atoms with Crippen molar-refractivity contribution in [3.63, 3.8) is 0 Å². The van der Waals surface area contributed by atoms with E-state index in [0.717, 1.165) is 6.42 Å². The van der Waals surface area contributed by atoms with Crippen LogP contribution in [0.25, 0.3) is 0 Å². The maximum atomic E-state index is 5.66. The molecule has 0 aliphatic rings. The largest absolute Gasteiger partial charge is 0.263 e. The fraction of sp³-hybridized carbons (Fsp3) is 0.444. The Morgan fingerprint density at radius 1 is 1.36 bits per heavy atom. The Morgan fingerprint density at radius 3 is 2.36 bits per heavy atom. The fourth-order valence-electron chi connectivity index (χ4n) is 0.649. The summed E-state index contributed by atoms with van der Waals surface area (Å²) in [6.07, 6.45) is 4.46. The molecule has 0 N–H and O–H groups in total. The van der Waals surface area contributed by atoms with Crippen LogP contribution < -0.4 is 0 Å². The average molecular weight is 172 g/mol. The molecule has 0 atom stereocenters. The molecule has 0 saturated heterocycles. The summed E-state index contributed by atoms with van der Waals surface area (Å²) in [6.45, 7) is 6.08. The van der Waals surface area contributed by atoms with Gasteiger partial charge in [-0.1, -0.05) is 32.4 Å². The molecule has 1 aromatic heterocycles. The van der Waals surface area contributed by atoms with E-state index < -0.39 is 0 Å². The molecule has 0 radical (unpaired) electrons. The van der Waals surface area contributed by atoms with Crippen LogP contribution in [-0.2, 0) is 6.42 Å². The molecule has 1 nitrogen and oxygen atoms in total. The van der Waals surface area contributed by atoms with Gasteiger partial charge in [-0.2, -0.15) is 0 Å². The zero-order valence-corrected chi connectivity index (χ0v) is 8.02. The van der Waals surface area contributed by atoms with Gasteiger partial charge < -0.3 is 0 Å². The topological polar surface area (TPSA) is 12.9 Å². The number of pyridine rings is 1. The first-order chi connectivity index (χ1) is 5.33. The summed E-state index contributed by atoms with van der Waals surface area (Å²) in [6, 6.07) is 1.93. The van der Waals surface area contributed by atoms with Gasteiger partial charge in [0.15, 0.2) is 0 Å². The van der Waals surface area contributed by atoms with E-state index in [1.54, 1.807) is 6.20 Å². The van der Waals surface area contributed by atoms with E-state index in [4.69, 9.17) is 11.6 Å². The lowest BCUT2D eigenvalue weighted by atomic mass is 10.2. The first-order valence-electron chi connectivity index (χ1n) is 3.92. The van der Waals surface area contributed by atoms with E-state index in [-0.39, 0.29) is 0 Å². The van der Waals surface area contributed by atoms with E-state index >= 15 is 0 Å². The van der Waals surface area contributed by atoms with Gasteiger partial charge in [0, 0.05) is 12.4 Å². The molecule has 1 heterocycles. The van der Waals surface area contributed by atoms with Gasteiger partial charge in [-0.3, -0.25) is 4.98 Å². The SMILES string of the molecule is CC.CCc1cncc(Cl)c1. The minimum Gasteiger partial charge on any atom is -0.263 e. The Bertz CT molecular complexity index is 199. The lowest BCUT2D eigenvalue weighted by Gasteiger charge is -1.92. The van der Waals surface area contributed by atoms with Gasteiger partial charge in [-0.25, -0.2) is 0 Å². The molecule has 0 saturated carbocycles. The third-order valence-electron chi connectivity index (χ3n) is 1.17. The zero-order chi connectivity index (χ0) is 8.69. The Hall–Kier alpha value is -0.560. The standard InChI is InChI=1S/C7H8ClN.C2H6/c1-2-6-3-7(8)5-9-4-6;1-2/h3-5H,2H2,1H3;1-2H3. The van der Waals surface area contributed by atoms with Crippen LogP contribution >= 0.6 is 11.6 Å². The molecular formula is C9H14ClN. The molecule has 0 aromatic carbocycles. The third-order valence-corrected chi connectivity index (χ3v) is 1.38. The minimum atomic E-state index is 0.717. The zero-order valence-electron chi connectivity index (χ0n) is 7.26. The number of nitrogens with zero attached hydrogens (tertiary/aromatic N) is 1. The number of hydrogen-bond donors (Lipinski definition) is 0. The molecule has 2 heteroatoms. The van der Waals surface area contributed by atoms with Crippen molar-refractivity contribution in [2.24, 2.45) is 0 Å². The molecule has 0 amide bonds. The van der Waals surface area contributed by atoms with Crippen molar-refractivity contribution in [1.82, 2.24) is 4.98 Å². The molecule has 11 heavy (non-hydrogen) atoms. The normalized spacial score (nSPS) is 8.36. The first kappa shape index (κ1) is 10.4. The lowest BCUT2D eigenvalue weighted by molar-refractivity contribution is 1.10. The van der Waals surface area contributed by atoms with E-state index in [1.165, 1.54) is 5.56 Å². The van der Waals surface area contributed by atoms with Crippen LogP contribution in [0, 0.1) is 0 Å². The highest BCUT2D eigenvalue weighted by molar-refractivity contribution is 6.30. The molecular weight excluding hydrogens is 158 g/mol. The van der Waals surface area contributed by atoms with Gasteiger partial charge in [0.05, 0.1) is 5.02 Å². The van der Waals surface area contributed by atoms with Gasteiger partial charge in [0.1, 0.15) is 0 Å². The smallest absolute Gasteiger partial charge is 0.0592 e. The van der Waals surface area contributed by atoms with Gasteiger partial charge in [0.2, 0.25) is 0 Å². The second kappa shape index (κ2) is 6.17. The van der Waals surface area contributed by atoms with Crippen LogP contribution in [0.1, 0.15) is 26.3 Å². The van der Waals surface area contributed by atoms with Gasteiger partial charge in [-0.05, 0) is 18.1 Å². The van der Waals surface area contributed by atoms with Crippen LogP contribution in [0.5, 0.6) is 0 Å². The Morgan fingerprint density at radius 2 is 2.00 bits per heavy atom. The molecule has 0 aliphatic heterocycles. The van der Waals surface area contributed by atoms with Crippen LogP contribution in [0.15, 0.2) is 18.5 Å². The number of aromatic nitrogens is 1. The van der Waals surface area contributed by atoms with Crippen molar-refractivity contribution in [2.45, 2.75) is 27.2 Å². The van der Waals surface area contributed by atoms with Crippen LogP contribution in [-0.4, -0.2) is 4.98 Å². The lowest BCUT2D eigenvalue weighted by Crippen LogP contribution is -1.80. The Balaban J connectivity index is 0.000000461. The van der Waals surface area contributed by atoms with E-state index in [2.05, 4.69) is 11.9 Å². The highest BCUT2D eigenvalue weighted by Gasteiger charge is 1.88. The van der Waals surface area contributed by atoms with Crippen molar-refractivity contribution in [3.05, 3.63) is 29.0 Å². The molecule has 1 rings (SSSR count). The second-order valence-corrected chi connectivity index (χ2v) is 2.30. The summed E-state index contributed by atoms with van der Waals surface area (Å²) in [4.78, 5) is 3.92. The van der Waals surface area contributed by atoms with E-state index in [0.29, 0.717) is 5.02 Å². The summed E-state index contributed by atoms with van der Waals surface area (Å²) < 4.78 is 0. The van der Waals surface area contributed by atoms with E-state index in [9.17, 15) is 0 Å². The van der Waals surface area contributed by atoms with Crippen molar-refractivity contribution < 1.29 is 0 Å². The van der Waals surface area contributed by atoms with Crippen LogP contribution in [0.3, 0.4) is 0 Å². The second-order valence-electron chi connectivity index (χ2n) is 1.86. The predicted molar refractivity (Wildman–Crippen MR) is 50.0 cm³/mol. The van der Waals surface area contributed by atoms with Crippen molar-refractivity contribution >= 4 is 11.6 Å². The molecule has 0 aliphatic carbocycles. The summed E-state index contributed by atoms with van der Waals surface area (Å²) in [5, 5.41) is 0.717. The highest BCUT2D eigenvalue weighted by Crippen LogP contribution is 2.07. The number of halogens is 1.